The molecule has 0 radical (unpaired) electrons. The minimum atomic E-state index is -0.630. The number of carbonyl (C=O) groups excluding carboxylic acids is 4. The second-order valence-electron chi connectivity index (χ2n) is 7.35. The van der Waals surface area contributed by atoms with Gasteiger partial charge in [0.1, 0.15) is 0 Å². The Labute approximate surface area is 207 Å². The first-order valence-electron chi connectivity index (χ1n) is 10.4. The number of carbonyl (C=O) groups is 4. The van der Waals surface area contributed by atoms with Crippen molar-refractivity contribution in [3.05, 3.63) is 89.8 Å². The summed E-state index contributed by atoms with van der Waals surface area (Å²) in [6.07, 6.45) is 6.88. The van der Waals surface area contributed by atoms with E-state index < -0.39 is 23.6 Å². The lowest BCUT2D eigenvalue weighted by Gasteiger charge is -2.12. The van der Waals surface area contributed by atoms with Crippen LogP contribution in [-0.4, -0.2) is 28.6 Å². The number of amides is 4. The molecule has 3 aromatic heterocycles. The van der Waals surface area contributed by atoms with E-state index in [1.165, 1.54) is 6.07 Å². The summed E-state index contributed by atoms with van der Waals surface area (Å²) in [7, 11) is 0. The van der Waals surface area contributed by atoms with E-state index >= 15 is 0 Å². The monoisotopic (exact) mass is 499 g/mol. The first-order valence-corrected chi connectivity index (χ1v) is 10.4. The van der Waals surface area contributed by atoms with Crippen LogP contribution in [0.4, 0.5) is 0 Å². The Morgan fingerprint density at radius 3 is 1.40 bits per heavy atom. The smallest absolute Gasteiger partial charge is 0.267 e. The molecule has 182 valence electrons. The van der Waals surface area contributed by atoms with Crippen molar-refractivity contribution < 1.29 is 28.3 Å². The number of hydrazine groups is 2. The fourth-order valence-corrected chi connectivity index (χ4v) is 3.06. The van der Waals surface area contributed by atoms with Crippen LogP contribution in [0.1, 0.15) is 32.1 Å². The van der Waals surface area contributed by atoms with E-state index in [4.69, 9.17) is 0 Å². The number of aromatic nitrogens is 3. The fraction of sp³-hybridized carbons (Fsp3) is 0.174. The number of nitrogens with zero attached hydrogens (tertiary/aromatic N) is 3. The van der Waals surface area contributed by atoms with E-state index in [-0.39, 0.29) is 36.6 Å². The molecule has 0 bridgehead atoms. The van der Waals surface area contributed by atoms with Crippen molar-refractivity contribution in [3.63, 3.8) is 0 Å². The number of pyridine rings is 3. The average Bonchev–Trinajstić information content (AvgIpc) is 2.82. The first-order chi connectivity index (χ1) is 16.3. The number of aryl methyl sites for hydroxylation is 2. The van der Waals surface area contributed by atoms with Gasteiger partial charge in [0.05, 0.1) is 22.5 Å². The van der Waals surface area contributed by atoms with Gasteiger partial charge < -0.3 is 0 Å². The molecule has 12 heteroatoms. The van der Waals surface area contributed by atoms with Gasteiger partial charge in [-0.25, -0.2) is 0 Å². The van der Waals surface area contributed by atoms with Crippen LogP contribution in [0.2, 0.25) is 0 Å². The summed E-state index contributed by atoms with van der Waals surface area (Å²) in [6.45, 7) is 3.26. The molecule has 0 aliphatic rings. The summed E-state index contributed by atoms with van der Waals surface area (Å²) in [5, 5.41) is 0. The predicted molar refractivity (Wildman–Crippen MR) is 125 cm³/mol. The van der Waals surface area contributed by atoms with Crippen LogP contribution >= 0.6 is 12.4 Å². The highest BCUT2D eigenvalue weighted by Crippen LogP contribution is 2.12. The number of rotatable bonds is 6. The van der Waals surface area contributed by atoms with Crippen LogP contribution in [0.5, 0.6) is 0 Å². The molecule has 0 fully saturated rings. The molecule has 0 unspecified atom stereocenters. The van der Waals surface area contributed by atoms with Gasteiger partial charge in [0.25, 0.3) is 11.8 Å². The minimum Gasteiger partial charge on any atom is -0.267 e. The van der Waals surface area contributed by atoms with Gasteiger partial charge in [-0.15, -0.1) is 12.4 Å². The van der Waals surface area contributed by atoms with Gasteiger partial charge in [0, 0.05) is 24.3 Å². The van der Waals surface area contributed by atoms with Crippen molar-refractivity contribution in [2.75, 3.05) is 0 Å². The van der Waals surface area contributed by atoms with Gasteiger partial charge in [0.2, 0.25) is 13.1 Å². The molecule has 0 saturated heterocycles. The molecule has 0 aliphatic heterocycles. The largest absolute Gasteiger partial charge is 0.304 e. The summed E-state index contributed by atoms with van der Waals surface area (Å²) < 4.78 is 3.29. The predicted octanol–water partition coefficient (Wildman–Crippen LogP) is -0.382. The van der Waals surface area contributed by atoms with Crippen molar-refractivity contribution in [3.8, 4) is 0 Å². The van der Waals surface area contributed by atoms with E-state index in [0.717, 1.165) is 0 Å². The van der Waals surface area contributed by atoms with E-state index in [0.29, 0.717) is 11.4 Å². The second-order valence-corrected chi connectivity index (χ2v) is 7.35. The quantitative estimate of drug-likeness (QED) is 0.270. The first kappa shape index (κ1) is 26.9. The molecule has 0 spiro atoms. The Kier molecular flexibility index (Phi) is 9.79. The molecule has 0 atom stereocenters. The molecule has 11 nitrogen and oxygen atoms in total. The highest BCUT2D eigenvalue weighted by molar-refractivity contribution is 6.01. The lowest BCUT2D eigenvalue weighted by atomic mass is 10.1. The van der Waals surface area contributed by atoms with Gasteiger partial charge in [-0.3, -0.25) is 45.9 Å². The molecule has 0 aromatic carbocycles. The number of hydrogen-bond donors (Lipinski definition) is 4. The highest BCUT2D eigenvalue weighted by atomic mass is 35.5. The summed E-state index contributed by atoms with van der Waals surface area (Å²) in [4.78, 5) is 53.6. The third kappa shape index (κ3) is 7.86. The normalized spacial score (nSPS) is 9.89. The van der Waals surface area contributed by atoms with E-state index in [1.807, 2.05) is 12.1 Å². The van der Waals surface area contributed by atoms with Crippen molar-refractivity contribution in [2.45, 2.75) is 26.9 Å². The maximum atomic E-state index is 12.6. The molecule has 3 rings (SSSR count). The standard InChI is InChI=1S/C23H23N7O4.ClH/c1-16-18(22(33)27-25-20(31)14-29-9-5-3-6-10-29)13-19(17(2)24-16)23(34)28-26-21(32)15-30-11-7-4-8-12-30;/h3-13H,14-15H2,1-2H3,(H2-2,25,26,27,28,31,32,33,34);1H/p+2. The zero-order valence-corrected chi connectivity index (χ0v) is 20.0. The summed E-state index contributed by atoms with van der Waals surface area (Å²) in [6, 6.07) is 12.1. The van der Waals surface area contributed by atoms with Crippen molar-refractivity contribution in [1.29, 1.82) is 0 Å². The zero-order chi connectivity index (χ0) is 24.5. The number of halogens is 1. The molecule has 4 amide bonds. The van der Waals surface area contributed by atoms with E-state index in [2.05, 4.69) is 26.7 Å². The molecule has 4 N–H and O–H groups in total. The average molecular weight is 500 g/mol. The summed E-state index contributed by atoms with van der Waals surface area (Å²) in [5.74, 6) is -2.12. The lowest BCUT2D eigenvalue weighted by Crippen LogP contribution is -2.49. The van der Waals surface area contributed by atoms with Gasteiger partial charge in [-0.05, 0) is 19.9 Å². The summed E-state index contributed by atoms with van der Waals surface area (Å²) in [5.41, 5.74) is 10.3. The molecule has 3 heterocycles. The maximum Gasteiger partial charge on any atom is 0.304 e. The molecular formula is C23H26ClN7O4+2. The molecule has 0 aliphatic carbocycles. The van der Waals surface area contributed by atoms with Crippen molar-refractivity contribution in [1.82, 2.24) is 26.7 Å². The lowest BCUT2D eigenvalue weighted by molar-refractivity contribution is -0.684. The Bertz CT molecular complexity index is 1120. The Morgan fingerprint density at radius 2 is 1.03 bits per heavy atom. The van der Waals surface area contributed by atoms with E-state index in [9.17, 15) is 19.2 Å². The summed E-state index contributed by atoms with van der Waals surface area (Å²) >= 11 is 0. The van der Waals surface area contributed by atoms with Crippen LogP contribution in [0, 0.1) is 13.8 Å². The van der Waals surface area contributed by atoms with Gasteiger partial charge >= 0.3 is 11.8 Å². The topological polar surface area (TPSA) is 137 Å². The molecular weight excluding hydrogens is 474 g/mol. The maximum absolute atomic E-state index is 12.6. The SMILES string of the molecule is Cc1nc(C)c(C(=O)NNC(=O)C[n+]2ccccc2)cc1C(=O)NNC(=O)C[n+]1ccccc1.Cl. The molecule has 0 saturated carbocycles. The van der Waals surface area contributed by atoms with Crippen LogP contribution in [-0.2, 0) is 22.7 Å². The fourth-order valence-electron chi connectivity index (χ4n) is 3.06. The van der Waals surface area contributed by atoms with Crippen molar-refractivity contribution >= 4 is 36.0 Å². The van der Waals surface area contributed by atoms with Crippen LogP contribution in [0.15, 0.2) is 67.3 Å². The third-order valence-corrected chi connectivity index (χ3v) is 4.73. The van der Waals surface area contributed by atoms with E-state index in [1.54, 1.807) is 72.0 Å². The molecule has 35 heavy (non-hydrogen) atoms. The van der Waals surface area contributed by atoms with Gasteiger partial charge in [-0.2, -0.15) is 9.13 Å². The van der Waals surface area contributed by atoms with Gasteiger partial charge in [-0.1, -0.05) is 12.1 Å². The minimum absolute atomic E-state index is 0. The second kappa shape index (κ2) is 12.8. The molecule has 3 aromatic rings. The number of hydrogen-bond acceptors (Lipinski definition) is 5. The van der Waals surface area contributed by atoms with Crippen molar-refractivity contribution in [2.24, 2.45) is 0 Å². The van der Waals surface area contributed by atoms with Crippen LogP contribution < -0.4 is 30.8 Å². The Hall–Kier alpha value is -4.38. The third-order valence-electron chi connectivity index (χ3n) is 4.73. The highest BCUT2D eigenvalue weighted by Gasteiger charge is 2.19. The van der Waals surface area contributed by atoms with Gasteiger partial charge in [0.15, 0.2) is 24.8 Å². The zero-order valence-electron chi connectivity index (χ0n) is 19.1. The Balaban J connectivity index is 0.00000432. The van der Waals surface area contributed by atoms with Crippen LogP contribution in [0.3, 0.4) is 0 Å². The number of nitrogens with one attached hydrogen (secondary N) is 4. The van der Waals surface area contributed by atoms with Crippen LogP contribution in [0.25, 0.3) is 0 Å². The Morgan fingerprint density at radius 1 is 0.657 bits per heavy atom.